The van der Waals surface area contributed by atoms with Gasteiger partial charge >= 0.3 is 0 Å². The van der Waals surface area contributed by atoms with Crippen LogP contribution in [0.4, 0.5) is 0 Å². The Morgan fingerprint density at radius 2 is 2.00 bits per heavy atom. The third-order valence-corrected chi connectivity index (χ3v) is 4.19. The van der Waals surface area contributed by atoms with Crippen LogP contribution in [-0.4, -0.2) is 37.0 Å². The Labute approximate surface area is 84.8 Å². The SMILES string of the molecule is CC1(C(=O)N2CC3(CCNC3)C2)CC1. The van der Waals surface area contributed by atoms with E-state index in [1.807, 2.05) is 0 Å². The molecule has 2 heterocycles. The highest BCUT2D eigenvalue weighted by Crippen LogP contribution is 2.49. The number of rotatable bonds is 1. The molecule has 3 heteroatoms. The molecule has 0 bridgehead atoms. The minimum atomic E-state index is 0.0354. The van der Waals surface area contributed by atoms with E-state index in [0.717, 1.165) is 39.0 Å². The topological polar surface area (TPSA) is 32.3 Å². The Hall–Kier alpha value is -0.570. The molecule has 1 amide bonds. The summed E-state index contributed by atoms with van der Waals surface area (Å²) in [6.07, 6.45) is 3.47. The minimum absolute atomic E-state index is 0.0354. The summed E-state index contributed by atoms with van der Waals surface area (Å²) < 4.78 is 0. The van der Waals surface area contributed by atoms with Crippen molar-refractivity contribution in [3.05, 3.63) is 0 Å². The van der Waals surface area contributed by atoms with E-state index in [9.17, 15) is 4.79 Å². The fourth-order valence-corrected chi connectivity index (χ4v) is 2.76. The Balaban J connectivity index is 1.61. The molecule has 14 heavy (non-hydrogen) atoms. The van der Waals surface area contributed by atoms with Gasteiger partial charge in [0.2, 0.25) is 5.91 Å². The Morgan fingerprint density at radius 1 is 1.29 bits per heavy atom. The quantitative estimate of drug-likeness (QED) is 0.663. The molecule has 3 aliphatic rings. The van der Waals surface area contributed by atoms with Crippen LogP contribution in [0.25, 0.3) is 0 Å². The Morgan fingerprint density at radius 3 is 2.50 bits per heavy atom. The number of carbonyl (C=O) groups excluding carboxylic acids is 1. The van der Waals surface area contributed by atoms with Crippen molar-refractivity contribution in [2.24, 2.45) is 10.8 Å². The van der Waals surface area contributed by atoms with E-state index in [4.69, 9.17) is 0 Å². The third kappa shape index (κ3) is 1.11. The van der Waals surface area contributed by atoms with Gasteiger partial charge in [0.05, 0.1) is 0 Å². The maximum atomic E-state index is 12.0. The van der Waals surface area contributed by atoms with Crippen LogP contribution in [0, 0.1) is 10.8 Å². The van der Waals surface area contributed by atoms with Crippen LogP contribution < -0.4 is 5.32 Å². The van der Waals surface area contributed by atoms with Crippen molar-refractivity contribution in [1.29, 1.82) is 0 Å². The molecule has 0 unspecified atom stereocenters. The number of amides is 1. The van der Waals surface area contributed by atoms with Gasteiger partial charge in [0.15, 0.2) is 0 Å². The lowest BCUT2D eigenvalue weighted by molar-refractivity contribution is -0.147. The molecule has 2 saturated heterocycles. The zero-order valence-corrected chi connectivity index (χ0v) is 8.81. The molecule has 1 aliphatic carbocycles. The lowest BCUT2D eigenvalue weighted by atomic mass is 9.78. The van der Waals surface area contributed by atoms with Gasteiger partial charge in [0, 0.05) is 30.5 Å². The molecule has 78 valence electrons. The second kappa shape index (κ2) is 2.51. The zero-order chi connectivity index (χ0) is 9.81. The molecule has 3 nitrogen and oxygen atoms in total. The van der Waals surface area contributed by atoms with Gasteiger partial charge in [0.1, 0.15) is 0 Å². The normalized spacial score (nSPS) is 31.6. The monoisotopic (exact) mass is 194 g/mol. The van der Waals surface area contributed by atoms with Crippen molar-refractivity contribution in [2.45, 2.75) is 26.2 Å². The van der Waals surface area contributed by atoms with Gasteiger partial charge in [-0.3, -0.25) is 4.79 Å². The Kier molecular flexibility index (Phi) is 1.56. The summed E-state index contributed by atoms with van der Waals surface area (Å²) in [5, 5.41) is 3.39. The number of hydrogen-bond donors (Lipinski definition) is 1. The summed E-state index contributed by atoms with van der Waals surface area (Å²) in [6.45, 7) is 6.38. The first-order valence-corrected chi connectivity index (χ1v) is 5.64. The molecule has 2 aliphatic heterocycles. The van der Waals surface area contributed by atoms with E-state index >= 15 is 0 Å². The fraction of sp³-hybridized carbons (Fsp3) is 0.909. The smallest absolute Gasteiger partial charge is 0.228 e. The van der Waals surface area contributed by atoms with Crippen molar-refractivity contribution in [2.75, 3.05) is 26.2 Å². The van der Waals surface area contributed by atoms with Crippen molar-refractivity contribution < 1.29 is 4.79 Å². The van der Waals surface area contributed by atoms with Crippen molar-refractivity contribution in [3.63, 3.8) is 0 Å². The zero-order valence-electron chi connectivity index (χ0n) is 8.81. The predicted molar refractivity (Wildman–Crippen MR) is 53.8 cm³/mol. The number of nitrogens with one attached hydrogen (secondary N) is 1. The number of carbonyl (C=O) groups is 1. The summed E-state index contributed by atoms with van der Waals surface area (Å²) >= 11 is 0. The predicted octanol–water partition coefficient (Wildman–Crippen LogP) is 0.608. The first kappa shape index (κ1) is 8.72. The van der Waals surface area contributed by atoms with Crippen LogP contribution in [0.1, 0.15) is 26.2 Å². The van der Waals surface area contributed by atoms with Crippen LogP contribution in [0.5, 0.6) is 0 Å². The first-order valence-electron chi connectivity index (χ1n) is 5.64. The van der Waals surface area contributed by atoms with Crippen LogP contribution in [-0.2, 0) is 4.79 Å². The lowest BCUT2D eigenvalue weighted by Crippen LogP contribution is -2.60. The summed E-state index contributed by atoms with van der Waals surface area (Å²) in [5.41, 5.74) is 0.495. The maximum Gasteiger partial charge on any atom is 0.228 e. The van der Waals surface area contributed by atoms with Gasteiger partial charge in [-0.15, -0.1) is 0 Å². The molecule has 0 aromatic rings. The van der Waals surface area contributed by atoms with E-state index in [1.54, 1.807) is 0 Å². The van der Waals surface area contributed by atoms with Crippen molar-refractivity contribution in [3.8, 4) is 0 Å². The minimum Gasteiger partial charge on any atom is -0.341 e. The maximum absolute atomic E-state index is 12.0. The Bertz CT molecular complexity index is 269. The summed E-state index contributed by atoms with van der Waals surface area (Å²) in [4.78, 5) is 14.0. The van der Waals surface area contributed by atoms with Gasteiger partial charge in [-0.05, 0) is 25.8 Å². The van der Waals surface area contributed by atoms with Gasteiger partial charge in [-0.25, -0.2) is 0 Å². The highest BCUT2D eigenvalue weighted by Gasteiger charge is 2.54. The first-order chi connectivity index (χ1) is 6.64. The fourth-order valence-electron chi connectivity index (χ4n) is 2.76. The molecule has 3 rings (SSSR count). The number of likely N-dealkylation sites (tertiary alicyclic amines) is 1. The standard InChI is InChI=1S/C11H18N2O/c1-10(2-3-10)9(14)13-7-11(8-13)4-5-12-6-11/h12H,2-8H2,1H3. The average molecular weight is 194 g/mol. The van der Waals surface area contributed by atoms with Crippen LogP contribution >= 0.6 is 0 Å². The highest BCUT2D eigenvalue weighted by molar-refractivity contribution is 5.85. The average Bonchev–Trinajstić information content (AvgIpc) is 2.67. The highest BCUT2D eigenvalue weighted by atomic mass is 16.2. The second-order valence-electron chi connectivity index (χ2n) is 5.65. The summed E-state index contributed by atoms with van der Waals surface area (Å²) in [5.74, 6) is 0.412. The summed E-state index contributed by atoms with van der Waals surface area (Å²) in [7, 11) is 0. The van der Waals surface area contributed by atoms with Crippen molar-refractivity contribution in [1.82, 2.24) is 10.2 Å². The van der Waals surface area contributed by atoms with E-state index in [0.29, 0.717) is 11.3 Å². The molecule has 0 radical (unpaired) electrons. The number of hydrogen-bond acceptors (Lipinski definition) is 2. The molecule has 0 aromatic carbocycles. The molecular weight excluding hydrogens is 176 g/mol. The largest absolute Gasteiger partial charge is 0.341 e. The van der Waals surface area contributed by atoms with E-state index in [-0.39, 0.29) is 5.41 Å². The van der Waals surface area contributed by atoms with Crippen LogP contribution in [0.3, 0.4) is 0 Å². The molecule has 1 N–H and O–H groups in total. The molecule has 0 aromatic heterocycles. The molecular formula is C11H18N2O. The summed E-state index contributed by atoms with van der Waals surface area (Å²) in [6, 6.07) is 0. The molecule has 3 fully saturated rings. The van der Waals surface area contributed by atoms with E-state index < -0.39 is 0 Å². The van der Waals surface area contributed by atoms with Gasteiger partial charge in [0.25, 0.3) is 0 Å². The van der Waals surface area contributed by atoms with E-state index in [2.05, 4.69) is 17.1 Å². The number of nitrogens with zero attached hydrogens (tertiary/aromatic N) is 1. The second-order valence-corrected chi connectivity index (χ2v) is 5.65. The molecule has 1 spiro atoms. The third-order valence-electron chi connectivity index (χ3n) is 4.19. The molecule has 1 saturated carbocycles. The van der Waals surface area contributed by atoms with Crippen molar-refractivity contribution >= 4 is 5.91 Å². The van der Waals surface area contributed by atoms with E-state index in [1.165, 1.54) is 6.42 Å². The lowest BCUT2D eigenvalue weighted by Gasteiger charge is -2.48. The molecule has 0 atom stereocenters. The van der Waals surface area contributed by atoms with Crippen LogP contribution in [0.15, 0.2) is 0 Å². The van der Waals surface area contributed by atoms with Gasteiger partial charge in [-0.2, -0.15) is 0 Å². The van der Waals surface area contributed by atoms with Crippen LogP contribution in [0.2, 0.25) is 0 Å². The van der Waals surface area contributed by atoms with Gasteiger partial charge in [-0.1, -0.05) is 6.92 Å². The van der Waals surface area contributed by atoms with Gasteiger partial charge < -0.3 is 10.2 Å².